The number of morpholine rings is 1. The number of hydrogen-bond acceptors (Lipinski definition) is 5. The Morgan fingerprint density at radius 1 is 1.21 bits per heavy atom. The topological polar surface area (TPSA) is 54.4 Å². The van der Waals surface area contributed by atoms with Gasteiger partial charge in [-0.1, -0.05) is 30.3 Å². The lowest BCUT2D eigenvalue weighted by Crippen LogP contribution is -2.43. The third-order valence-electron chi connectivity index (χ3n) is 5.28. The fourth-order valence-corrected chi connectivity index (χ4v) is 3.79. The Kier molecular flexibility index (Phi) is 5.87. The van der Waals surface area contributed by atoms with Crippen LogP contribution in [0.2, 0.25) is 0 Å². The van der Waals surface area contributed by atoms with Crippen LogP contribution in [0.4, 0.5) is 4.39 Å². The first-order valence-corrected chi connectivity index (χ1v) is 9.74. The lowest BCUT2D eigenvalue weighted by molar-refractivity contribution is -0.135. The van der Waals surface area contributed by atoms with Crippen molar-refractivity contribution in [2.45, 2.75) is 12.5 Å². The molecule has 1 amide bonds. The molecule has 1 saturated heterocycles. The molecule has 6 nitrogen and oxygen atoms in total. The van der Waals surface area contributed by atoms with Crippen LogP contribution in [-0.4, -0.2) is 61.5 Å². The summed E-state index contributed by atoms with van der Waals surface area (Å²) >= 11 is 0. The zero-order valence-electron chi connectivity index (χ0n) is 16.4. The highest BCUT2D eigenvalue weighted by atomic mass is 19.1. The molecule has 0 bridgehead atoms. The van der Waals surface area contributed by atoms with Gasteiger partial charge in [-0.2, -0.15) is 5.10 Å². The Hall–Kier alpha value is -2.77. The van der Waals surface area contributed by atoms with Crippen molar-refractivity contribution < 1.29 is 18.7 Å². The summed E-state index contributed by atoms with van der Waals surface area (Å²) in [7, 11) is 1.61. The molecule has 1 atom stereocenters. The second-order valence-corrected chi connectivity index (χ2v) is 7.15. The minimum Gasteiger partial charge on any atom is -0.496 e. The molecule has 1 unspecified atom stereocenters. The van der Waals surface area contributed by atoms with E-state index in [-0.39, 0.29) is 24.3 Å². The van der Waals surface area contributed by atoms with Gasteiger partial charge in [0.25, 0.3) is 5.91 Å². The Morgan fingerprint density at radius 2 is 2.00 bits per heavy atom. The van der Waals surface area contributed by atoms with E-state index in [0.717, 1.165) is 18.7 Å². The van der Waals surface area contributed by atoms with E-state index in [1.807, 2.05) is 30.3 Å². The molecule has 0 saturated carbocycles. The summed E-state index contributed by atoms with van der Waals surface area (Å²) < 4.78 is 24.6. The highest BCUT2D eigenvalue weighted by Crippen LogP contribution is 2.37. The first-order chi connectivity index (χ1) is 14.2. The second kappa shape index (κ2) is 8.71. The summed E-state index contributed by atoms with van der Waals surface area (Å²) in [6.07, 6.45) is 0.499. The average molecular weight is 397 g/mol. The van der Waals surface area contributed by atoms with Crippen LogP contribution in [0.25, 0.3) is 0 Å². The number of amides is 1. The second-order valence-electron chi connectivity index (χ2n) is 7.15. The van der Waals surface area contributed by atoms with Crippen LogP contribution in [0, 0.1) is 5.82 Å². The van der Waals surface area contributed by atoms with Gasteiger partial charge in [-0.15, -0.1) is 0 Å². The number of rotatable bonds is 5. The van der Waals surface area contributed by atoms with Gasteiger partial charge in [0.05, 0.1) is 38.6 Å². The monoisotopic (exact) mass is 397 g/mol. The minimum absolute atomic E-state index is 0.0887. The predicted octanol–water partition coefficient (Wildman–Crippen LogP) is 2.84. The number of carbonyl (C=O) groups excluding carboxylic acids is 1. The maximum atomic E-state index is 13.8. The third-order valence-corrected chi connectivity index (χ3v) is 5.28. The number of ether oxygens (including phenoxy) is 2. The number of methoxy groups -OCH3 is 1. The summed E-state index contributed by atoms with van der Waals surface area (Å²) in [5, 5.41) is 6.15. The summed E-state index contributed by atoms with van der Waals surface area (Å²) in [5.41, 5.74) is 2.27. The van der Waals surface area contributed by atoms with Gasteiger partial charge in [0.2, 0.25) is 0 Å². The van der Waals surface area contributed by atoms with E-state index in [9.17, 15) is 9.18 Å². The van der Waals surface area contributed by atoms with Crippen molar-refractivity contribution in [1.82, 2.24) is 9.91 Å². The van der Waals surface area contributed by atoms with E-state index >= 15 is 0 Å². The molecule has 0 radical (unpaired) electrons. The van der Waals surface area contributed by atoms with Crippen molar-refractivity contribution in [3.63, 3.8) is 0 Å². The maximum absolute atomic E-state index is 13.8. The van der Waals surface area contributed by atoms with Gasteiger partial charge in [-0.05, 0) is 18.2 Å². The smallest absolute Gasteiger partial charge is 0.257 e. The van der Waals surface area contributed by atoms with Crippen LogP contribution in [-0.2, 0) is 9.53 Å². The van der Waals surface area contributed by atoms with Gasteiger partial charge >= 0.3 is 0 Å². The van der Waals surface area contributed by atoms with E-state index in [4.69, 9.17) is 9.47 Å². The molecule has 2 aromatic rings. The summed E-state index contributed by atoms with van der Waals surface area (Å²) in [6, 6.07) is 13.7. The largest absolute Gasteiger partial charge is 0.496 e. The molecule has 2 aliphatic heterocycles. The fraction of sp³-hybridized carbons (Fsp3) is 0.364. The summed E-state index contributed by atoms with van der Waals surface area (Å²) in [6.45, 7) is 2.97. The van der Waals surface area contributed by atoms with Gasteiger partial charge in [0.1, 0.15) is 11.6 Å². The van der Waals surface area contributed by atoms with Crippen LogP contribution >= 0.6 is 0 Å². The number of hydrogen-bond donors (Lipinski definition) is 0. The van der Waals surface area contributed by atoms with Crippen molar-refractivity contribution >= 4 is 11.6 Å². The Bertz CT molecular complexity index is 912. The number of benzene rings is 2. The molecule has 0 aliphatic carbocycles. The normalized spacial score (nSPS) is 19.9. The van der Waals surface area contributed by atoms with Gasteiger partial charge in [0, 0.05) is 30.6 Å². The van der Waals surface area contributed by atoms with Crippen molar-refractivity contribution in [2.24, 2.45) is 5.10 Å². The number of para-hydroxylation sites is 1. The molecule has 0 N–H and O–H groups in total. The van der Waals surface area contributed by atoms with E-state index in [1.165, 1.54) is 17.1 Å². The van der Waals surface area contributed by atoms with Crippen molar-refractivity contribution in [3.8, 4) is 5.75 Å². The van der Waals surface area contributed by atoms with Crippen LogP contribution < -0.4 is 4.74 Å². The van der Waals surface area contributed by atoms with Crippen LogP contribution in [0.1, 0.15) is 23.6 Å². The molecular formula is C22H24FN3O3. The van der Waals surface area contributed by atoms with Gasteiger partial charge in [0.15, 0.2) is 0 Å². The number of hydrazone groups is 1. The van der Waals surface area contributed by atoms with Crippen LogP contribution in [0.5, 0.6) is 5.75 Å². The molecule has 7 heteroatoms. The maximum Gasteiger partial charge on any atom is 0.257 e. The highest BCUT2D eigenvalue weighted by Gasteiger charge is 2.35. The van der Waals surface area contributed by atoms with Gasteiger partial charge in [-0.3, -0.25) is 9.69 Å². The summed E-state index contributed by atoms with van der Waals surface area (Å²) in [5.74, 6) is 0.295. The molecule has 2 aliphatic rings. The number of carbonyl (C=O) groups is 1. The van der Waals surface area contributed by atoms with E-state index < -0.39 is 0 Å². The van der Waals surface area contributed by atoms with Gasteiger partial charge in [-0.25, -0.2) is 9.40 Å². The fourth-order valence-electron chi connectivity index (χ4n) is 3.79. The zero-order valence-corrected chi connectivity index (χ0v) is 16.4. The summed E-state index contributed by atoms with van der Waals surface area (Å²) in [4.78, 5) is 15.2. The van der Waals surface area contributed by atoms with E-state index in [0.29, 0.717) is 36.7 Å². The number of halogens is 1. The lowest BCUT2D eigenvalue weighted by atomic mass is 9.97. The predicted molar refractivity (Wildman–Crippen MR) is 107 cm³/mol. The minimum atomic E-state index is -0.322. The molecule has 1 fully saturated rings. The van der Waals surface area contributed by atoms with E-state index in [2.05, 4.69) is 10.0 Å². The third kappa shape index (κ3) is 4.31. The van der Waals surface area contributed by atoms with Crippen LogP contribution in [0.15, 0.2) is 53.6 Å². The molecule has 152 valence electrons. The zero-order chi connectivity index (χ0) is 20.2. The van der Waals surface area contributed by atoms with Crippen molar-refractivity contribution in [2.75, 3.05) is 40.0 Å². The molecule has 0 aromatic heterocycles. The quantitative estimate of drug-likeness (QED) is 0.779. The SMILES string of the molecule is COc1ccccc1C1CC(c2cccc(F)c2)=NN1C(=O)CN1CCOCC1. The van der Waals surface area contributed by atoms with Crippen molar-refractivity contribution in [3.05, 3.63) is 65.5 Å². The number of nitrogens with zero attached hydrogens (tertiary/aromatic N) is 3. The van der Waals surface area contributed by atoms with Crippen LogP contribution in [0.3, 0.4) is 0 Å². The first-order valence-electron chi connectivity index (χ1n) is 9.74. The Morgan fingerprint density at radius 3 is 2.76 bits per heavy atom. The highest BCUT2D eigenvalue weighted by molar-refractivity contribution is 6.03. The molecule has 29 heavy (non-hydrogen) atoms. The lowest BCUT2D eigenvalue weighted by Gasteiger charge is -2.29. The Labute approximate surface area is 169 Å². The first kappa shape index (κ1) is 19.5. The standard InChI is InChI=1S/C22H24FN3O3/c1-28-21-8-3-2-7-18(21)20-14-19(16-5-4-6-17(23)13-16)24-26(20)22(27)15-25-9-11-29-12-10-25/h2-8,13,20H,9-12,14-15H2,1H3. The molecule has 2 aromatic carbocycles. The average Bonchev–Trinajstić information content (AvgIpc) is 3.20. The molecule has 4 rings (SSSR count). The van der Waals surface area contributed by atoms with E-state index in [1.54, 1.807) is 13.2 Å². The molecule has 2 heterocycles. The molecular weight excluding hydrogens is 373 g/mol. The Balaban J connectivity index is 1.64. The van der Waals surface area contributed by atoms with Gasteiger partial charge < -0.3 is 9.47 Å². The molecule has 0 spiro atoms. The van der Waals surface area contributed by atoms with Crippen molar-refractivity contribution in [1.29, 1.82) is 0 Å².